The summed E-state index contributed by atoms with van der Waals surface area (Å²) >= 11 is 0. The summed E-state index contributed by atoms with van der Waals surface area (Å²) in [5.74, 6) is 1.51. The molecule has 1 atom stereocenters. The Labute approximate surface area is 80.7 Å². The topological polar surface area (TPSA) is 9.23 Å². The van der Waals surface area contributed by atoms with Crippen molar-refractivity contribution in [2.24, 2.45) is 5.92 Å². The third kappa shape index (κ3) is 3.97. The highest BCUT2D eigenvalue weighted by Gasteiger charge is 2.06. The predicted octanol–water partition coefficient (Wildman–Crippen LogP) is 3.31. The summed E-state index contributed by atoms with van der Waals surface area (Å²) < 4.78 is 5.67. The molecule has 0 bridgehead atoms. The molecule has 0 aliphatic carbocycles. The van der Waals surface area contributed by atoms with Crippen LogP contribution in [0.25, 0.3) is 0 Å². The molecule has 1 aromatic rings. The quantitative estimate of drug-likeness (QED) is 0.685. The number of hydrogen-bond donors (Lipinski definition) is 0. The molecule has 1 rings (SSSR count). The van der Waals surface area contributed by atoms with Crippen LogP contribution in [0, 0.1) is 12.3 Å². The van der Waals surface area contributed by atoms with Crippen LogP contribution in [0.1, 0.15) is 20.8 Å². The summed E-state index contributed by atoms with van der Waals surface area (Å²) in [5, 5.41) is 0. The number of para-hydroxylation sites is 1. The highest BCUT2D eigenvalue weighted by molar-refractivity contribution is 5.21. The molecule has 1 aromatic carbocycles. The van der Waals surface area contributed by atoms with Crippen molar-refractivity contribution in [1.82, 2.24) is 0 Å². The van der Waals surface area contributed by atoms with Crippen LogP contribution in [0.15, 0.2) is 30.3 Å². The molecule has 1 heteroatoms. The Morgan fingerprint density at radius 2 is 1.69 bits per heavy atom. The second-order valence-electron chi connectivity index (χ2n) is 3.57. The van der Waals surface area contributed by atoms with Gasteiger partial charge in [0.05, 0.1) is 6.10 Å². The van der Waals surface area contributed by atoms with Gasteiger partial charge >= 0.3 is 0 Å². The van der Waals surface area contributed by atoms with Crippen LogP contribution < -0.4 is 4.74 Å². The van der Waals surface area contributed by atoms with E-state index in [9.17, 15) is 0 Å². The molecule has 13 heavy (non-hydrogen) atoms. The third-order valence-electron chi connectivity index (χ3n) is 1.72. The van der Waals surface area contributed by atoms with Gasteiger partial charge in [0, 0.05) is 6.42 Å². The number of rotatable bonds is 4. The summed E-state index contributed by atoms with van der Waals surface area (Å²) in [7, 11) is 0. The molecule has 71 valence electrons. The minimum absolute atomic E-state index is 0.183. The van der Waals surface area contributed by atoms with E-state index >= 15 is 0 Å². The molecular weight excluding hydrogens is 160 g/mol. The monoisotopic (exact) mass is 177 g/mol. The normalized spacial score (nSPS) is 12.9. The molecule has 0 unspecified atom stereocenters. The lowest BCUT2D eigenvalue weighted by Gasteiger charge is -2.15. The molecule has 0 heterocycles. The fraction of sp³-hybridized carbons (Fsp3) is 0.417. The first-order chi connectivity index (χ1) is 6.18. The minimum atomic E-state index is 0.183. The van der Waals surface area contributed by atoms with Crippen LogP contribution in [-0.4, -0.2) is 6.10 Å². The maximum absolute atomic E-state index is 5.67. The van der Waals surface area contributed by atoms with Gasteiger partial charge < -0.3 is 4.74 Å². The Bertz CT molecular complexity index is 228. The zero-order valence-corrected chi connectivity index (χ0v) is 8.53. The Morgan fingerprint density at radius 3 is 2.23 bits per heavy atom. The van der Waals surface area contributed by atoms with Crippen LogP contribution in [0.2, 0.25) is 0 Å². The fourth-order valence-corrected chi connectivity index (χ4v) is 1.30. The van der Waals surface area contributed by atoms with E-state index in [2.05, 4.69) is 27.2 Å². The Hall–Kier alpha value is -0.980. The van der Waals surface area contributed by atoms with Gasteiger partial charge in [0.15, 0.2) is 0 Å². The summed E-state index contributed by atoms with van der Waals surface area (Å²) in [6.07, 6.45) is 2.37. The maximum atomic E-state index is 5.67. The van der Waals surface area contributed by atoms with Gasteiger partial charge in [-0.2, -0.15) is 0 Å². The van der Waals surface area contributed by atoms with E-state index in [-0.39, 0.29) is 6.10 Å². The Balaban J connectivity index is 2.41. The van der Waals surface area contributed by atoms with Crippen LogP contribution in [0.4, 0.5) is 0 Å². The van der Waals surface area contributed by atoms with Crippen molar-refractivity contribution in [3.05, 3.63) is 36.8 Å². The zero-order chi connectivity index (χ0) is 9.68. The molecular formula is C12H17O. The molecule has 0 aliphatic heterocycles. The Morgan fingerprint density at radius 1 is 1.08 bits per heavy atom. The molecule has 0 aromatic heterocycles. The first kappa shape index (κ1) is 10.1. The van der Waals surface area contributed by atoms with Gasteiger partial charge in [-0.1, -0.05) is 32.0 Å². The lowest BCUT2D eigenvalue weighted by atomic mass is 10.1. The van der Waals surface area contributed by atoms with E-state index in [0.29, 0.717) is 5.92 Å². The minimum Gasteiger partial charge on any atom is -0.490 e. The Kier molecular flexibility index (Phi) is 3.81. The smallest absolute Gasteiger partial charge is 0.119 e. The van der Waals surface area contributed by atoms with Gasteiger partial charge in [-0.25, -0.2) is 0 Å². The predicted molar refractivity (Wildman–Crippen MR) is 55.7 cm³/mol. The average molecular weight is 177 g/mol. The lowest BCUT2D eigenvalue weighted by Crippen LogP contribution is -2.15. The van der Waals surface area contributed by atoms with Gasteiger partial charge in [0.2, 0.25) is 0 Å². The molecule has 0 amide bonds. The molecule has 0 saturated carbocycles. The van der Waals surface area contributed by atoms with E-state index in [4.69, 9.17) is 4.74 Å². The molecule has 0 spiro atoms. The van der Waals surface area contributed by atoms with E-state index in [1.54, 1.807) is 0 Å². The van der Waals surface area contributed by atoms with Crippen LogP contribution in [0.3, 0.4) is 0 Å². The SMILES string of the molecule is CC(C)[CH][C@H](C)Oc1ccccc1. The summed E-state index contributed by atoms with van der Waals surface area (Å²) in [5.41, 5.74) is 0. The van der Waals surface area contributed by atoms with E-state index < -0.39 is 0 Å². The molecule has 0 aliphatic rings. The summed E-state index contributed by atoms with van der Waals surface area (Å²) in [4.78, 5) is 0. The highest BCUT2D eigenvalue weighted by atomic mass is 16.5. The second-order valence-corrected chi connectivity index (χ2v) is 3.57. The number of hydrogen-bond acceptors (Lipinski definition) is 1. The summed E-state index contributed by atoms with van der Waals surface area (Å²) in [6, 6.07) is 9.91. The first-order valence-corrected chi connectivity index (χ1v) is 4.75. The molecule has 1 radical (unpaired) electrons. The van der Waals surface area contributed by atoms with Crippen molar-refractivity contribution in [2.75, 3.05) is 0 Å². The molecule has 0 saturated heterocycles. The van der Waals surface area contributed by atoms with Gasteiger partial charge in [0.25, 0.3) is 0 Å². The molecule has 1 nitrogen and oxygen atoms in total. The second kappa shape index (κ2) is 4.90. The third-order valence-corrected chi connectivity index (χ3v) is 1.72. The van der Waals surface area contributed by atoms with Crippen molar-refractivity contribution >= 4 is 0 Å². The maximum Gasteiger partial charge on any atom is 0.119 e. The largest absolute Gasteiger partial charge is 0.490 e. The fourth-order valence-electron chi connectivity index (χ4n) is 1.30. The van der Waals surface area contributed by atoms with Crippen molar-refractivity contribution < 1.29 is 4.74 Å². The van der Waals surface area contributed by atoms with E-state index in [1.165, 1.54) is 0 Å². The molecule has 0 fully saturated rings. The van der Waals surface area contributed by atoms with Crippen molar-refractivity contribution in [1.29, 1.82) is 0 Å². The van der Waals surface area contributed by atoms with Crippen LogP contribution in [-0.2, 0) is 0 Å². The van der Waals surface area contributed by atoms with Gasteiger partial charge in [-0.05, 0) is 25.0 Å². The van der Waals surface area contributed by atoms with Crippen LogP contribution in [0.5, 0.6) is 5.75 Å². The first-order valence-electron chi connectivity index (χ1n) is 4.75. The molecule has 0 N–H and O–H groups in total. The van der Waals surface area contributed by atoms with Crippen molar-refractivity contribution in [3.8, 4) is 5.75 Å². The zero-order valence-electron chi connectivity index (χ0n) is 8.53. The summed E-state index contributed by atoms with van der Waals surface area (Å²) in [6.45, 7) is 6.38. The van der Waals surface area contributed by atoms with Crippen molar-refractivity contribution in [3.63, 3.8) is 0 Å². The van der Waals surface area contributed by atoms with Gasteiger partial charge in [-0.3, -0.25) is 0 Å². The standard InChI is InChI=1S/C12H17O/c1-10(2)9-11(3)13-12-7-5-4-6-8-12/h4-11H,1-3H3/t11-/m0/s1. The van der Waals surface area contributed by atoms with Crippen molar-refractivity contribution in [2.45, 2.75) is 26.9 Å². The number of ether oxygens (including phenoxy) is 1. The highest BCUT2D eigenvalue weighted by Crippen LogP contribution is 2.13. The van der Waals surface area contributed by atoms with E-state index in [1.807, 2.05) is 30.3 Å². The van der Waals surface area contributed by atoms with E-state index in [0.717, 1.165) is 5.75 Å². The van der Waals surface area contributed by atoms with Gasteiger partial charge in [-0.15, -0.1) is 0 Å². The van der Waals surface area contributed by atoms with Crippen LogP contribution >= 0.6 is 0 Å². The average Bonchev–Trinajstić information content (AvgIpc) is 2.04. The lowest BCUT2D eigenvalue weighted by molar-refractivity contribution is 0.241. The van der Waals surface area contributed by atoms with Gasteiger partial charge in [0.1, 0.15) is 5.75 Å². The number of benzene rings is 1.